The average molecular weight is 513 g/mol. The van der Waals surface area contributed by atoms with E-state index in [2.05, 4.69) is 36.1 Å². The van der Waals surface area contributed by atoms with Crippen molar-refractivity contribution >= 4 is 28.9 Å². The number of para-hydroxylation sites is 2. The molecule has 4 heterocycles. The first-order valence-electron chi connectivity index (χ1n) is 12.1. The Bertz CT molecular complexity index is 1360. The number of carbonyl (C=O) groups excluding carboxylic acids is 1. The molecule has 9 heteroatoms. The quantitative estimate of drug-likeness (QED) is 0.323. The Hall–Kier alpha value is -4.24. The topological polar surface area (TPSA) is 84.3 Å². The predicted molar refractivity (Wildman–Crippen MR) is 146 cm³/mol. The van der Waals surface area contributed by atoms with Crippen LogP contribution in [0.25, 0.3) is 0 Å². The van der Waals surface area contributed by atoms with Crippen molar-refractivity contribution in [1.29, 1.82) is 0 Å². The van der Waals surface area contributed by atoms with Crippen molar-refractivity contribution in [2.24, 2.45) is 0 Å². The molecule has 4 aromatic rings. The van der Waals surface area contributed by atoms with E-state index in [0.29, 0.717) is 29.6 Å². The molecule has 1 amide bonds. The summed E-state index contributed by atoms with van der Waals surface area (Å²) in [5.41, 5.74) is 3.56. The van der Waals surface area contributed by atoms with E-state index in [4.69, 9.17) is 17.0 Å². The molecule has 5 rings (SSSR count). The third-order valence-electron chi connectivity index (χ3n) is 6.38. The summed E-state index contributed by atoms with van der Waals surface area (Å²) < 4.78 is 7.54. The number of thiocarbonyl (C=S) groups is 1. The number of hydrogen-bond donors (Lipinski definition) is 2. The predicted octanol–water partition coefficient (Wildman–Crippen LogP) is 4.34. The van der Waals surface area contributed by atoms with Gasteiger partial charge in [0.15, 0.2) is 5.11 Å². The third-order valence-corrected chi connectivity index (χ3v) is 6.74. The molecule has 1 fully saturated rings. The highest BCUT2D eigenvalue weighted by Crippen LogP contribution is 2.39. The summed E-state index contributed by atoms with van der Waals surface area (Å²) in [4.78, 5) is 24.1. The summed E-state index contributed by atoms with van der Waals surface area (Å²) in [6.45, 7) is 1.07. The van der Waals surface area contributed by atoms with E-state index >= 15 is 0 Å². The van der Waals surface area contributed by atoms with Crippen molar-refractivity contribution in [3.63, 3.8) is 0 Å². The number of hydrogen-bond acceptors (Lipinski definition) is 5. The van der Waals surface area contributed by atoms with Crippen molar-refractivity contribution in [1.82, 2.24) is 24.8 Å². The van der Waals surface area contributed by atoms with E-state index in [1.165, 1.54) is 0 Å². The number of carbonyl (C=O) groups is 1. The molecule has 37 heavy (non-hydrogen) atoms. The van der Waals surface area contributed by atoms with E-state index in [1.54, 1.807) is 19.5 Å². The van der Waals surface area contributed by atoms with E-state index in [-0.39, 0.29) is 24.4 Å². The summed E-state index contributed by atoms with van der Waals surface area (Å²) in [6, 6.07) is 23.0. The maximum Gasteiger partial charge on any atom is 0.226 e. The van der Waals surface area contributed by atoms with Gasteiger partial charge in [0.2, 0.25) is 5.91 Å². The van der Waals surface area contributed by atoms with Crippen LogP contribution in [0.3, 0.4) is 0 Å². The lowest BCUT2D eigenvalue weighted by Gasteiger charge is -2.28. The second kappa shape index (κ2) is 11.2. The van der Waals surface area contributed by atoms with Crippen LogP contribution in [0.5, 0.6) is 5.75 Å². The number of ether oxygens (including phenoxy) is 1. The lowest BCUT2D eigenvalue weighted by atomic mass is 10.0. The Labute approximate surface area is 221 Å². The minimum absolute atomic E-state index is 0.115. The molecule has 2 atom stereocenters. The van der Waals surface area contributed by atoms with Gasteiger partial charge in [-0.3, -0.25) is 14.8 Å². The fraction of sp³-hybridized carbons (Fsp3) is 0.214. The van der Waals surface area contributed by atoms with Crippen LogP contribution in [0, 0.1) is 0 Å². The number of anilines is 1. The standard InChI is InChI=1S/C28H28N6O2S/c1-36-24-13-3-2-10-21(24)31-25(35)14-18-34-27(26(32-28(34)37)22-11-5-7-16-30-22)23-12-8-17-33(23)19-20-9-4-6-15-29-20/h2-13,15-17,26-27H,14,18-19H2,1H3,(H,31,35)(H,32,37)/t26-,27-/m1/s1. The van der Waals surface area contributed by atoms with Gasteiger partial charge in [-0.2, -0.15) is 0 Å². The van der Waals surface area contributed by atoms with Crippen molar-refractivity contribution in [2.45, 2.75) is 25.0 Å². The van der Waals surface area contributed by atoms with Crippen molar-refractivity contribution in [3.05, 3.63) is 108 Å². The number of amides is 1. The van der Waals surface area contributed by atoms with Crippen molar-refractivity contribution in [2.75, 3.05) is 19.0 Å². The van der Waals surface area contributed by atoms with Crippen LogP contribution in [0.2, 0.25) is 0 Å². The molecule has 8 nitrogen and oxygen atoms in total. The Morgan fingerprint density at radius 1 is 1.03 bits per heavy atom. The van der Waals surface area contributed by atoms with E-state index in [9.17, 15) is 4.79 Å². The Morgan fingerprint density at radius 3 is 2.57 bits per heavy atom. The van der Waals surface area contributed by atoms with Gasteiger partial charge in [0, 0.05) is 37.3 Å². The second-order valence-corrected chi connectivity index (χ2v) is 9.09. The van der Waals surface area contributed by atoms with Gasteiger partial charge in [0.1, 0.15) is 5.75 Å². The van der Waals surface area contributed by atoms with E-state index in [0.717, 1.165) is 17.1 Å². The molecular formula is C28H28N6O2S. The maximum absolute atomic E-state index is 12.9. The molecule has 0 radical (unpaired) electrons. The van der Waals surface area contributed by atoms with Crippen LogP contribution in [0.1, 0.15) is 35.6 Å². The fourth-order valence-corrected chi connectivity index (χ4v) is 4.99. The first-order valence-corrected chi connectivity index (χ1v) is 12.5. The van der Waals surface area contributed by atoms with Gasteiger partial charge >= 0.3 is 0 Å². The maximum atomic E-state index is 12.9. The largest absolute Gasteiger partial charge is 0.495 e. The monoisotopic (exact) mass is 512 g/mol. The molecule has 3 aromatic heterocycles. The number of nitrogens with one attached hydrogen (secondary N) is 2. The van der Waals surface area contributed by atoms with Crippen molar-refractivity contribution < 1.29 is 9.53 Å². The zero-order valence-electron chi connectivity index (χ0n) is 20.4. The minimum atomic E-state index is -0.164. The van der Waals surface area contributed by atoms with E-state index in [1.807, 2.05) is 72.9 Å². The van der Waals surface area contributed by atoms with Crippen molar-refractivity contribution in [3.8, 4) is 5.75 Å². The number of benzene rings is 1. The third kappa shape index (κ3) is 5.46. The summed E-state index contributed by atoms with van der Waals surface area (Å²) in [5.74, 6) is 0.505. The molecular weight excluding hydrogens is 484 g/mol. The smallest absolute Gasteiger partial charge is 0.226 e. The van der Waals surface area contributed by atoms with E-state index < -0.39 is 0 Å². The highest BCUT2D eigenvalue weighted by molar-refractivity contribution is 7.80. The Morgan fingerprint density at radius 2 is 1.81 bits per heavy atom. The zero-order valence-corrected chi connectivity index (χ0v) is 21.3. The van der Waals surface area contributed by atoms with Gasteiger partial charge in [-0.05, 0) is 60.7 Å². The second-order valence-electron chi connectivity index (χ2n) is 8.70. The van der Waals surface area contributed by atoms with Crippen LogP contribution in [0.4, 0.5) is 5.69 Å². The first kappa shape index (κ1) is 24.5. The summed E-state index contributed by atoms with van der Waals surface area (Å²) in [5, 5.41) is 7.01. The molecule has 1 saturated heterocycles. The lowest BCUT2D eigenvalue weighted by Crippen LogP contribution is -2.33. The highest BCUT2D eigenvalue weighted by atomic mass is 32.1. The molecule has 0 aliphatic carbocycles. The highest BCUT2D eigenvalue weighted by Gasteiger charge is 2.41. The summed E-state index contributed by atoms with van der Waals surface area (Å²) in [7, 11) is 1.59. The lowest BCUT2D eigenvalue weighted by molar-refractivity contribution is -0.116. The molecule has 0 saturated carbocycles. The number of aromatic nitrogens is 3. The molecule has 1 aromatic carbocycles. The van der Waals surface area contributed by atoms with Crippen LogP contribution in [0.15, 0.2) is 91.4 Å². The zero-order chi connectivity index (χ0) is 25.6. The normalized spacial score (nSPS) is 16.9. The molecule has 188 valence electrons. The molecule has 0 bridgehead atoms. The average Bonchev–Trinajstić information content (AvgIpc) is 3.52. The van der Waals surface area contributed by atoms with Gasteiger partial charge < -0.3 is 24.8 Å². The number of methoxy groups -OCH3 is 1. The Balaban J connectivity index is 1.40. The fourth-order valence-electron chi connectivity index (χ4n) is 4.66. The van der Waals surface area contributed by atoms with Gasteiger partial charge in [0.25, 0.3) is 0 Å². The van der Waals surface area contributed by atoms with Crippen LogP contribution in [-0.2, 0) is 11.3 Å². The SMILES string of the molecule is COc1ccccc1NC(=O)CCN1C(=S)N[C@H](c2ccccn2)[C@H]1c1cccn1Cc1ccccn1. The van der Waals surface area contributed by atoms with Crippen LogP contribution in [-0.4, -0.2) is 44.1 Å². The molecule has 0 unspecified atom stereocenters. The number of nitrogens with zero attached hydrogens (tertiary/aromatic N) is 4. The van der Waals surface area contributed by atoms with Gasteiger partial charge in [-0.1, -0.05) is 24.3 Å². The molecule has 1 aliphatic rings. The Kier molecular flexibility index (Phi) is 7.41. The minimum Gasteiger partial charge on any atom is -0.495 e. The van der Waals surface area contributed by atoms with Crippen LogP contribution >= 0.6 is 12.2 Å². The molecule has 0 spiro atoms. The summed E-state index contributed by atoms with van der Waals surface area (Å²) >= 11 is 5.78. The summed E-state index contributed by atoms with van der Waals surface area (Å²) in [6.07, 6.45) is 5.89. The van der Waals surface area contributed by atoms with Gasteiger partial charge in [-0.25, -0.2) is 0 Å². The molecule has 1 aliphatic heterocycles. The van der Waals surface area contributed by atoms with Crippen LogP contribution < -0.4 is 15.4 Å². The number of rotatable bonds is 9. The van der Waals surface area contributed by atoms with Gasteiger partial charge in [-0.15, -0.1) is 0 Å². The number of pyridine rings is 2. The molecule has 2 N–H and O–H groups in total. The van der Waals surface area contributed by atoms with Gasteiger partial charge in [0.05, 0.1) is 42.8 Å². The first-order chi connectivity index (χ1) is 18.1.